The SMILES string of the molecule is C[C@H](Oc1ccccc1C#N)C(=O)N(C)Cc1nnc2ccccn12. The molecular formula is C18H17N5O2. The Hall–Kier alpha value is -3.40. The van der Waals surface area contributed by atoms with Crippen molar-refractivity contribution in [2.24, 2.45) is 0 Å². The van der Waals surface area contributed by atoms with Crippen molar-refractivity contribution in [3.8, 4) is 11.8 Å². The first kappa shape index (κ1) is 16.5. The van der Waals surface area contributed by atoms with Crippen LogP contribution in [0.25, 0.3) is 5.65 Å². The van der Waals surface area contributed by atoms with Crippen LogP contribution in [0.5, 0.6) is 5.75 Å². The number of nitriles is 1. The zero-order valence-corrected chi connectivity index (χ0v) is 14.0. The van der Waals surface area contributed by atoms with Gasteiger partial charge in [-0.15, -0.1) is 10.2 Å². The van der Waals surface area contributed by atoms with Crippen molar-refractivity contribution < 1.29 is 9.53 Å². The standard InChI is InChI=1S/C18H17N5O2/c1-13(25-15-8-4-3-7-14(15)11-19)18(24)22(2)12-17-21-20-16-9-5-6-10-23(16)17/h3-10,13H,12H2,1-2H3/t13-/m0/s1. The number of hydrogen-bond acceptors (Lipinski definition) is 5. The molecular weight excluding hydrogens is 318 g/mol. The third-order valence-electron chi connectivity index (χ3n) is 3.80. The molecule has 0 fully saturated rings. The van der Waals surface area contributed by atoms with Crippen molar-refractivity contribution in [2.75, 3.05) is 7.05 Å². The number of nitrogens with zero attached hydrogens (tertiary/aromatic N) is 5. The van der Waals surface area contributed by atoms with Crippen LogP contribution in [0.15, 0.2) is 48.7 Å². The van der Waals surface area contributed by atoms with E-state index in [4.69, 9.17) is 10.00 Å². The van der Waals surface area contributed by atoms with Crippen molar-refractivity contribution in [2.45, 2.75) is 19.6 Å². The highest BCUT2D eigenvalue weighted by atomic mass is 16.5. The van der Waals surface area contributed by atoms with Gasteiger partial charge in [0.2, 0.25) is 0 Å². The number of carbonyl (C=O) groups excluding carboxylic acids is 1. The minimum Gasteiger partial charge on any atom is -0.480 e. The highest BCUT2D eigenvalue weighted by Crippen LogP contribution is 2.19. The highest BCUT2D eigenvalue weighted by molar-refractivity contribution is 5.80. The molecule has 1 atom stereocenters. The summed E-state index contributed by atoms with van der Waals surface area (Å²) in [6.07, 6.45) is 1.13. The van der Waals surface area contributed by atoms with Crippen LogP contribution in [0.3, 0.4) is 0 Å². The van der Waals surface area contributed by atoms with Gasteiger partial charge in [0.15, 0.2) is 17.6 Å². The van der Waals surface area contributed by atoms with Gasteiger partial charge in [-0.2, -0.15) is 5.26 Å². The third kappa shape index (κ3) is 3.43. The Morgan fingerprint density at radius 2 is 2.04 bits per heavy atom. The quantitative estimate of drug-likeness (QED) is 0.712. The number of amides is 1. The average Bonchev–Trinajstić information content (AvgIpc) is 3.04. The molecule has 3 aromatic rings. The van der Waals surface area contributed by atoms with E-state index in [1.807, 2.05) is 28.8 Å². The second-order valence-electron chi connectivity index (χ2n) is 5.61. The monoisotopic (exact) mass is 335 g/mol. The summed E-state index contributed by atoms with van der Waals surface area (Å²) in [6, 6.07) is 14.5. The number of fused-ring (bicyclic) bond motifs is 1. The molecule has 1 amide bonds. The van der Waals surface area contributed by atoms with E-state index in [1.165, 1.54) is 4.90 Å². The number of ether oxygens (including phenoxy) is 1. The first-order valence-corrected chi connectivity index (χ1v) is 7.79. The Morgan fingerprint density at radius 1 is 1.28 bits per heavy atom. The van der Waals surface area contributed by atoms with Gasteiger partial charge in [0, 0.05) is 13.2 Å². The van der Waals surface area contributed by atoms with Crippen molar-refractivity contribution >= 4 is 11.6 Å². The first-order chi connectivity index (χ1) is 12.1. The zero-order chi connectivity index (χ0) is 17.8. The van der Waals surface area contributed by atoms with E-state index < -0.39 is 6.10 Å². The summed E-state index contributed by atoms with van der Waals surface area (Å²) in [6.45, 7) is 1.96. The van der Waals surface area contributed by atoms with Crippen molar-refractivity contribution in [3.05, 3.63) is 60.0 Å². The summed E-state index contributed by atoms with van der Waals surface area (Å²) >= 11 is 0. The summed E-state index contributed by atoms with van der Waals surface area (Å²) in [5, 5.41) is 17.3. The van der Waals surface area contributed by atoms with Gasteiger partial charge < -0.3 is 9.64 Å². The first-order valence-electron chi connectivity index (χ1n) is 7.79. The van der Waals surface area contributed by atoms with E-state index in [1.54, 1.807) is 38.2 Å². The molecule has 0 spiro atoms. The van der Waals surface area contributed by atoms with Gasteiger partial charge in [0.05, 0.1) is 12.1 Å². The average molecular weight is 335 g/mol. The summed E-state index contributed by atoms with van der Waals surface area (Å²) in [5.74, 6) is 0.851. The maximum absolute atomic E-state index is 12.6. The molecule has 2 aromatic heterocycles. The molecule has 25 heavy (non-hydrogen) atoms. The zero-order valence-electron chi connectivity index (χ0n) is 14.0. The smallest absolute Gasteiger partial charge is 0.263 e. The number of aromatic nitrogens is 3. The Morgan fingerprint density at radius 3 is 2.84 bits per heavy atom. The number of likely N-dealkylation sites (N-methyl/N-ethyl adjacent to an activating group) is 1. The number of rotatable bonds is 5. The van der Waals surface area contributed by atoms with Crippen LogP contribution in [-0.4, -0.2) is 38.6 Å². The molecule has 0 radical (unpaired) electrons. The third-order valence-corrected chi connectivity index (χ3v) is 3.80. The van der Waals surface area contributed by atoms with Gasteiger partial charge in [-0.05, 0) is 31.2 Å². The van der Waals surface area contributed by atoms with Crippen LogP contribution < -0.4 is 4.74 Å². The normalized spacial score (nSPS) is 11.7. The second kappa shape index (κ2) is 7.01. The fourth-order valence-corrected chi connectivity index (χ4v) is 2.50. The minimum absolute atomic E-state index is 0.208. The second-order valence-corrected chi connectivity index (χ2v) is 5.61. The van der Waals surface area contributed by atoms with E-state index >= 15 is 0 Å². The predicted octanol–water partition coefficient (Wildman–Crippen LogP) is 2.03. The fourth-order valence-electron chi connectivity index (χ4n) is 2.50. The van der Waals surface area contributed by atoms with E-state index in [2.05, 4.69) is 16.3 Å². The predicted molar refractivity (Wildman–Crippen MR) is 90.7 cm³/mol. The van der Waals surface area contributed by atoms with Crippen molar-refractivity contribution in [3.63, 3.8) is 0 Å². The number of benzene rings is 1. The molecule has 3 rings (SSSR count). The molecule has 0 bridgehead atoms. The number of hydrogen-bond donors (Lipinski definition) is 0. The van der Waals surface area contributed by atoms with Gasteiger partial charge in [-0.1, -0.05) is 18.2 Å². The van der Waals surface area contributed by atoms with E-state index in [0.29, 0.717) is 23.7 Å². The Bertz CT molecular complexity index is 944. The maximum Gasteiger partial charge on any atom is 0.263 e. The molecule has 0 N–H and O–H groups in total. The number of pyridine rings is 1. The van der Waals surface area contributed by atoms with Gasteiger partial charge in [-0.25, -0.2) is 0 Å². The summed E-state index contributed by atoms with van der Waals surface area (Å²) in [5.41, 5.74) is 1.12. The van der Waals surface area contributed by atoms with Crippen LogP contribution in [0.4, 0.5) is 0 Å². The van der Waals surface area contributed by atoms with Gasteiger partial charge in [-0.3, -0.25) is 9.20 Å². The molecule has 7 heteroatoms. The summed E-state index contributed by atoms with van der Waals surface area (Å²) in [7, 11) is 1.68. The largest absolute Gasteiger partial charge is 0.480 e. The highest BCUT2D eigenvalue weighted by Gasteiger charge is 2.21. The molecule has 0 aliphatic rings. The van der Waals surface area contributed by atoms with Crippen molar-refractivity contribution in [1.82, 2.24) is 19.5 Å². The summed E-state index contributed by atoms with van der Waals surface area (Å²) in [4.78, 5) is 14.1. The summed E-state index contributed by atoms with van der Waals surface area (Å²) < 4.78 is 7.50. The minimum atomic E-state index is -0.723. The number of para-hydroxylation sites is 1. The molecule has 7 nitrogen and oxygen atoms in total. The lowest BCUT2D eigenvalue weighted by atomic mass is 10.2. The lowest BCUT2D eigenvalue weighted by Gasteiger charge is -2.21. The van der Waals surface area contributed by atoms with Crippen LogP contribution in [-0.2, 0) is 11.3 Å². The molecule has 0 saturated heterocycles. The van der Waals surface area contributed by atoms with Crippen molar-refractivity contribution in [1.29, 1.82) is 5.26 Å². The molecule has 0 aliphatic carbocycles. The Kier molecular flexibility index (Phi) is 4.61. The topological polar surface area (TPSA) is 83.5 Å². The Balaban J connectivity index is 1.70. The molecule has 126 valence electrons. The van der Waals surface area contributed by atoms with Gasteiger partial charge in [0.1, 0.15) is 11.8 Å². The van der Waals surface area contributed by atoms with Gasteiger partial charge in [0.25, 0.3) is 5.91 Å². The molecule has 1 aromatic carbocycles. The lowest BCUT2D eigenvalue weighted by Crippen LogP contribution is -2.38. The molecule has 0 unspecified atom stereocenters. The lowest BCUT2D eigenvalue weighted by molar-refractivity contribution is -0.137. The molecule has 0 aliphatic heterocycles. The fraction of sp³-hybridized carbons (Fsp3) is 0.222. The van der Waals surface area contributed by atoms with Crippen LogP contribution in [0.2, 0.25) is 0 Å². The molecule has 0 saturated carbocycles. The van der Waals surface area contributed by atoms with E-state index in [-0.39, 0.29) is 5.91 Å². The van der Waals surface area contributed by atoms with E-state index in [9.17, 15) is 4.79 Å². The Labute approximate surface area is 145 Å². The van der Waals surface area contributed by atoms with Crippen LogP contribution in [0.1, 0.15) is 18.3 Å². The van der Waals surface area contributed by atoms with Crippen LogP contribution in [0, 0.1) is 11.3 Å². The van der Waals surface area contributed by atoms with E-state index in [0.717, 1.165) is 5.65 Å². The van der Waals surface area contributed by atoms with Gasteiger partial charge >= 0.3 is 0 Å². The van der Waals surface area contributed by atoms with Crippen LogP contribution >= 0.6 is 0 Å². The maximum atomic E-state index is 12.6. The number of carbonyl (C=O) groups is 1. The molecule has 2 heterocycles.